The Morgan fingerprint density at radius 3 is 2.84 bits per heavy atom. The first-order chi connectivity index (χ1) is 9.11. The number of nitrogens with one attached hydrogen (secondary N) is 1. The Kier molecular flexibility index (Phi) is 3.56. The predicted octanol–water partition coefficient (Wildman–Crippen LogP) is 0.929. The molecular formula is C12H11N3O4. The maximum atomic E-state index is 11.2. The van der Waals surface area contributed by atoms with Gasteiger partial charge >= 0.3 is 5.97 Å². The molecule has 0 aliphatic carbocycles. The van der Waals surface area contributed by atoms with E-state index in [1.165, 1.54) is 12.4 Å². The van der Waals surface area contributed by atoms with Crippen LogP contribution in [0.3, 0.4) is 0 Å². The van der Waals surface area contributed by atoms with E-state index in [0.717, 1.165) is 0 Å². The summed E-state index contributed by atoms with van der Waals surface area (Å²) in [6, 6.07) is 3.33. The predicted molar refractivity (Wildman–Crippen MR) is 66.2 cm³/mol. The topological polar surface area (TPSA) is 105 Å². The molecule has 2 aromatic heterocycles. The van der Waals surface area contributed by atoms with Gasteiger partial charge in [0.05, 0.1) is 12.3 Å². The second-order valence-corrected chi connectivity index (χ2v) is 3.59. The van der Waals surface area contributed by atoms with E-state index in [9.17, 15) is 9.59 Å². The molecule has 98 valence electrons. The summed E-state index contributed by atoms with van der Waals surface area (Å²) >= 11 is 0. The van der Waals surface area contributed by atoms with Gasteiger partial charge in [-0.2, -0.15) is 0 Å². The summed E-state index contributed by atoms with van der Waals surface area (Å²) in [4.78, 5) is 32.2. The van der Waals surface area contributed by atoms with Gasteiger partial charge in [-0.1, -0.05) is 0 Å². The van der Waals surface area contributed by atoms with Crippen molar-refractivity contribution < 1.29 is 14.6 Å². The lowest BCUT2D eigenvalue weighted by Gasteiger charge is -2.04. The van der Waals surface area contributed by atoms with Crippen LogP contribution in [0.15, 0.2) is 29.3 Å². The second kappa shape index (κ2) is 5.30. The molecule has 0 aliphatic heterocycles. The Hall–Kier alpha value is -2.70. The van der Waals surface area contributed by atoms with Crippen LogP contribution < -0.4 is 10.3 Å². The van der Waals surface area contributed by atoms with Crippen LogP contribution in [-0.4, -0.2) is 32.6 Å². The Balaban J connectivity index is 2.39. The Bertz CT molecular complexity index is 649. The van der Waals surface area contributed by atoms with Crippen LogP contribution in [0.2, 0.25) is 0 Å². The molecule has 0 atom stereocenters. The van der Waals surface area contributed by atoms with E-state index in [4.69, 9.17) is 9.84 Å². The Morgan fingerprint density at radius 1 is 1.47 bits per heavy atom. The molecule has 2 aromatic rings. The molecule has 0 unspecified atom stereocenters. The average Bonchev–Trinajstić information content (AvgIpc) is 2.40. The number of carboxylic acids is 1. The van der Waals surface area contributed by atoms with Gasteiger partial charge in [0.2, 0.25) is 11.6 Å². The van der Waals surface area contributed by atoms with Crippen molar-refractivity contribution in [3.63, 3.8) is 0 Å². The number of nitrogens with zero attached hydrogens (tertiary/aromatic N) is 2. The second-order valence-electron chi connectivity index (χ2n) is 3.59. The van der Waals surface area contributed by atoms with Crippen molar-refractivity contribution in [1.82, 2.24) is 15.0 Å². The summed E-state index contributed by atoms with van der Waals surface area (Å²) in [5.41, 5.74) is -0.378. The molecule has 0 spiro atoms. The van der Waals surface area contributed by atoms with Crippen molar-refractivity contribution in [2.24, 2.45) is 0 Å². The van der Waals surface area contributed by atoms with Crippen LogP contribution in [0.4, 0.5) is 0 Å². The highest BCUT2D eigenvalue weighted by Gasteiger charge is 2.12. The van der Waals surface area contributed by atoms with E-state index < -0.39 is 17.2 Å². The van der Waals surface area contributed by atoms with E-state index in [2.05, 4.69) is 15.0 Å². The van der Waals surface area contributed by atoms with Gasteiger partial charge in [0.15, 0.2) is 0 Å². The molecule has 0 bridgehead atoms. The summed E-state index contributed by atoms with van der Waals surface area (Å²) in [5, 5.41) is 8.83. The fourth-order valence-corrected chi connectivity index (χ4v) is 1.46. The molecule has 2 N–H and O–H groups in total. The van der Waals surface area contributed by atoms with Gasteiger partial charge in [-0.05, 0) is 13.0 Å². The molecule has 0 amide bonds. The number of aromatic carboxylic acids is 1. The molecule has 0 saturated heterocycles. The number of carboxylic acid groups (broad SMARTS) is 1. The van der Waals surface area contributed by atoms with E-state index in [1.54, 1.807) is 12.1 Å². The molecule has 0 fully saturated rings. The minimum atomic E-state index is -1.37. The average molecular weight is 261 g/mol. The number of aromatic nitrogens is 3. The fourth-order valence-electron chi connectivity index (χ4n) is 1.46. The van der Waals surface area contributed by atoms with Gasteiger partial charge in [-0.25, -0.2) is 14.8 Å². The molecule has 0 aliphatic rings. The van der Waals surface area contributed by atoms with Crippen molar-refractivity contribution in [3.05, 3.63) is 40.6 Å². The number of carbonyl (C=O) groups is 1. The van der Waals surface area contributed by atoms with Crippen molar-refractivity contribution >= 4 is 5.97 Å². The smallest absolute Gasteiger partial charge is 0.360 e. The molecule has 7 heteroatoms. The normalized spacial score (nSPS) is 10.2. The van der Waals surface area contributed by atoms with Crippen LogP contribution in [0.5, 0.6) is 5.88 Å². The third-order valence-electron chi connectivity index (χ3n) is 2.31. The molecular weight excluding hydrogens is 250 g/mol. The molecule has 7 nitrogen and oxygen atoms in total. The highest BCUT2D eigenvalue weighted by molar-refractivity contribution is 5.85. The number of rotatable bonds is 4. The lowest BCUT2D eigenvalue weighted by Crippen LogP contribution is -2.19. The van der Waals surface area contributed by atoms with Crippen LogP contribution in [0, 0.1) is 0 Å². The van der Waals surface area contributed by atoms with Crippen molar-refractivity contribution in [3.8, 4) is 17.1 Å². The van der Waals surface area contributed by atoms with Crippen LogP contribution in [0.25, 0.3) is 11.3 Å². The zero-order chi connectivity index (χ0) is 13.8. The van der Waals surface area contributed by atoms with E-state index >= 15 is 0 Å². The first kappa shape index (κ1) is 12.7. The highest BCUT2D eigenvalue weighted by atomic mass is 16.5. The molecule has 0 radical (unpaired) electrons. The summed E-state index contributed by atoms with van der Waals surface area (Å²) in [6.07, 6.45) is 2.84. The number of hydrogen-bond acceptors (Lipinski definition) is 5. The number of pyridine rings is 1. The number of ether oxygens (including phenoxy) is 1. The third-order valence-corrected chi connectivity index (χ3v) is 2.31. The number of H-pyrrole nitrogens is 1. The maximum absolute atomic E-state index is 11.2. The minimum Gasteiger partial charge on any atom is -0.478 e. The quantitative estimate of drug-likeness (QED) is 0.848. The van der Waals surface area contributed by atoms with Crippen molar-refractivity contribution in [2.45, 2.75) is 6.92 Å². The van der Waals surface area contributed by atoms with E-state index in [-0.39, 0.29) is 0 Å². The molecule has 0 saturated carbocycles. The highest BCUT2D eigenvalue weighted by Crippen LogP contribution is 2.17. The van der Waals surface area contributed by atoms with Crippen LogP contribution in [-0.2, 0) is 0 Å². The molecule has 2 rings (SSSR count). The summed E-state index contributed by atoms with van der Waals surface area (Å²) in [5.74, 6) is -0.906. The first-order valence-electron chi connectivity index (χ1n) is 5.54. The SMILES string of the molecule is CCOc1ccc(-c2c[nH]c(=O)c(C(=O)O)n2)cn1. The zero-order valence-corrected chi connectivity index (χ0v) is 10.1. The summed E-state index contributed by atoms with van der Waals surface area (Å²) in [6.45, 7) is 2.35. The molecule has 2 heterocycles. The summed E-state index contributed by atoms with van der Waals surface area (Å²) in [7, 11) is 0. The standard InChI is InChI=1S/C12H11N3O4/c1-2-19-9-4-3-7(5-13-9)8-6-14-11(16)10(15-8)12(17)18/h3-6H,2H2,1H3,(H,14,16)(H,17,18). The van der Waals surface area contributed by atoms with E-state index in [1.807, 2.05) is 6.92 Å². The zero-order valence-electron chi connectivity index (χ0n) is 10.1. The largest absolute Gasteiger partial charge is 0.478 e. The third kappa shape index (κ3) is 2.76. The molecule has 19 heavy (non-hydrogen) atoms. The van der Waals surface area contributed by atoms with Gasteiger partial charge in [0.25, 0.3) is 5.56 Å². The Morgan fingerprint density at radius 2 is 2.26 bits per heavy atom. The van der Waals surface area contributed by atoms with Gasteiger partial charge in [0.1, 0.15) is 0 Å². The fraction of sp³-hybridized carbons (Fsp3) is 0.167. The van der Waals surface area contributed by atoms with Crippen molar-refractivity contribution in [1.29, 1.82) is 0 Å². The minimum absolute atomic E-state index is 0.326. The van der Waals surface area contributed by atoms with Gasteiger partial charge in [0, 0.05) is 24.0 Å². The van der Waals surface area contributed by atoms with Gasteiger partial charge in [-0.15, -0.1) is 0 Å². The Labute approximate surface area is 107 Å². The van der Waals surface area contributed by atoms with Crippen LogP contribution >= 0.6 is 0 Å². The lowest BCUT2D eigenvalue weighted by atomic mass is 10.2. The number of hydrogen-bond donors (Lipinski definition) is 2. The maximum Gasteiger partial charge on any atom is 0.360 e. The number of aromatic amines is 1. The first-order valence-corrected chi connectivity index (χ1v) is 5.54. The van der Waals surface area contributed by atoms with Gasteiger partial charge in [-0.3, -0.25) is 4.79 Å². The monoisotopic (exact) mass is 261 g/mol. The van der Waals surface area contributed by atoms with Crippen molar-refractivity contribution in [2.75, 3.05) is 6.61 Å². The summed E-state index contributed by atoms with van der Waals surface area (Å²) < 4.78 is 5.19. The van der Waals surface area contributed by atoms with E-state index in [0.29, 0.717) is 23.7 Å². The van der Waals surface area contributed by atoms with Gasteiger partial charge < -0.3 is 14.8 Å². The lowest BCUT2D eigenvalue weighted by molar-refractivity contribution is 0.0688. The molecule has 0 aromatic carbocycles. The van der Waals surface area contributed by atoms with Crippen LogP contribution in [0.1, 0.15) is 17.4 Å².